The second-order valence-corrected chi connectivity index (χ2v) is 14.7. The molecule has 1 aliphatic rings. The molecule has 0 aliphatic carbocycles. The first kappa shape index (κ1) is 46.5. The Balaban J connectivity index is 1.66. The van der Waals surface area contributed by atoms with Gasteiger partial charge < -0.3 is 58.0 Å². The number of nitrogens with two attached hydrogens (primary N) is 2. The molecular weight excluding hydrogens is 752 g/mol. The van der Waals surface area contributed by atoms with E-state index in [2.05, 4.69) is 26.6 Å². The van der Waals surface area contributed by atoms with Gasteiger partial charge in [0.25, 0.3) is 0 Å². The molecule has 1 heterocycles. The van der Waals surface area contributed by atoms with E-state index in [-0.39, 0.29) is 50.3 Å². The number of amides is 7. The topological polar surface area (TPSA) is 292 Å². The lowest BCUT2D eigenvalue weighted by molar-refractivity contribution is -0.143. The number of hydrogen-bond donors (Lipinski definition) is 9. The molecule has 8 atom stereocenters. The zero-order chi connectivity index (χ0) is 42.9. The zero-order valence-corrected chi connectivity index (χ0v) is 33.0. The van der Waals surface area contributed by atoms with Crippen LogP contribution in [-0.2, 0) is 51.2 Å². The minimum atomic E-state index is -1.50. The Hall–Kier alpha value is -5.88. The Kier molecular flexibility index (Phi) is 18.2. The molecule has 1 aliphatic heterocycles. The molecule has 2 aromatic rings. The molecule has 0 bridgehead atoms. The fourth-order valence-corrected chi connectivity index (χ4v) is 6.50. The third kappa shape index (κ3) is 14.3. The Morgan fingerprint density at radius 2 is 1.53 bits per heavy atom. The quantitative estimate of drug-likeness (QED) is 0.0605. The SMILES string of the molecule is CCC(C)C(NC(=O)C(CCC(N)=O)NC(=O)CNC(=O)C(N)Cc1ccc(O)cc1)C(=O)NC(CO)C(=O)N1CC(C)CC1C(=O)NC(C=O)Cc1ccccc1. The van der Waals surface area contributed by atoms with Gasteiger partial charge in [-0.2, -0.15) is 0 Å². The number of hydrogen-bond acceptors (Lipinski definition) is 11. The molecule has 18 nitrogen and oxygen atoms in total. The Morgan fingerprint density at radius 3 is 2.14 bits per heavy atom. The van der Waals surface area contributed by atoms with Crippen molar-refractivity contribution >= 4 is 47.6 Å². The first-order valence-electron chi connectivity index (χ1n) is 19.3. The highest BCUT2D eigenvalue weighted by Crippen LogP contribution is 2.24. The Labute approximate surface area is 337 Å². The van der Waals surface area contributed by atoms with E-state index in [0.29, 0.717) is 18.3 Å². The summed E-state index contributed by atoms with van der Waals surface area (Å²) in [4.78, 5) is 105. The van der Waals surface area contributed by atoms with Crippen LogP contribution < -0.4 is 38.1 Å². The number of likely N-dealkylation sites (tertiary alicyclic amines) is 1. The van der Waals surface area contributed by atoms with Gasteiger partial charge in [0.15, 0.2) is 0 Å². The van der Waals surface area contributed by atoms with Crippen LogP contribution in [0.15, 0.2) is 54.6 Å². The summed E-state index contributed by atoms with van der Waals surface area (Å²) in [5.41, 5.74) is 12.8. The van der Waals surface area contributed by atoms with E-state index in [1.165, 1.54) is 17.0 Å². The number of carbonyl (C=O) groups is 8. The summed E-state index contributed by atoms with van der Waals surface area (Å²) in [5.74, 6) is -5.81. The molecule has 1 fully saturated rings. The summed E-state index contributed by atoms with van der Waals surface area (Å²) < 4.78 is 0. The first-order valence-corrected chi connectivity index (χ1v) is 19.3. The van der Waals surface area contributed by atoms with Crippen molar-refractivity contribution in [2.45, 2.75) is 95.5 Å². The van der Waals surface area contributed by atoms with Crippen molar-refractivity contribution in [3.63, 3.8) is 0 Å². The summed E-state index contributed by atoms with van der Waals surface area (Å²) in [7, 11) is 0. The number of phenols is 1. The van der Waals surface area contributed by atoms with Gasteiger partial charge in [0, 0.05) is 13.0 Å². The number of aromatic hydroxyl groups is 1. The van der Waals surface area contributed by atoms with E-state index in [0.717, 1.165) is 5.56 Å². The minimum absolute atomic E-state index is 0.0449. The lowest BCUT2D eigenvalue weighted by Gasteiger charge is -2.31. The van der Waals surface area contributed by atoms with Crippen LogP contribution in [0.25, 0.3) is 0 Å². The molecule has 0 radical (unpaired) electrons. The molecule has 1 saturated heterocycles. The summed E-state index contributed by atoms with van der Waals surface area (Å²) in [6, 6.07) is 8.12. The van der Waals surface area contributed by atoms with Crippen molar-refractivity contribution < 1.29 is 48.6 Å². The molecule has 8 unspecified atom stereocenters. The molecule has 2 aromatic carbocycles. The monoisotopic (exact) mass is 808 g/mol. The van der Waals surface area contributed by atoms with Gasteiger partial charge in [-0.3, -0.25) is 33.6 Å². The summed E-state index contributed by atoms with van der Waals surface area (Å²) in [6.07, 6.45) is 1.07. The van der Waals surface area contributed by atoms with Gasteiger partial charge in [-0.05, 0) is 60.8 Å². The van der Waals surface area contributed by atoms with E-state index in [9.17, 15) is 48.6 Å². The highest BCUT2D eigenvalue weighted by molar-refractivity contribution is 5.97. The lowest BCUT2D eigenvalue weighted by Crippen LogP contribution is -2.60. The van der Waals surface area contributed by atoms with Crippen LogP contribution in [0.3, 0.4) is 0 Å². The van der Waals surface area contributed by atoms with Crippen LogP contribution >= 0.6 is 0 Å². The van der Waals surface area contributed by atoms with E-state index >= 15 is 0 Å². The predicted octanol–water partition coefficient (Wildman–Crippen LogP) is -1.70. The Bertz CT molecular complexity index is 1740. The second-order valence-electron chi connectivity index (χ2n) is 14.7. The van der Waals surface area contributed by atoms with Crippen LogP contribution in [0, 0.1) is 11.8 Å². The Morgan fingerprint density at radius 1 is 0.879 bits per heavy atom. The van der Waals surface area contributed by atoms with Crippen molar-refractivity contribution in [3.8, 4) is 5.75 Å². The fraction of sp³-hybridized carbons (Fsp3) is 0.500. The fourth-order valence-electron chi connectivity index (χ4n) is 6.50. The normalized spacial score (nSPS) is 18.0. The average molecular weight is 809 g/mol. The van der Waals surface area contributed by atoms with E-state index in [1.54, 1.807) is 26.0 Å². The van der Waals surface area contributed by atoms with Gasteiger partial charge in [-0.1, -0.05) is 69.7 Å². The average Bonchev–Trinajstić information content (AvgIpc) is 3.61. The maximum Gasteiger partial charge on any atom is 0.248 e. The van der Waals surface area contributed by atoms with E-state index in [1.807, 2.05) is 37.3 Å². The number of rotatable bonds is 22. The number of carbonyl (C=O) groups excluding carboxylic acids is 8. The summed E-state index contributed by atoms with van der Waals surface area (Å²) in [5, 5.41) is 32.4. The molecule has 0 spiro atoms. The second kappa shape index (κ2) is 22.8. The number of aliphatic hydroxyl groups excluding tert-OH is 1. The van der Waals surface area contributed by atoms with Crippen molar-refractivity contribution in [1.29, 1.82) is 0 Å². The molecule has 58 heavy (non-hydrogen) atoms. The van der Waals surface area contributed by atoms with Gasteiger partial charge in [0.05, 0.1) is 25.2 Å². The molecule has 7 amide bonds. The maximum atomic E-state index is 13.8. The number of primary amides is 1. The highest BCUT2D eigenvalue weighted by Gasteiger charge is 2.42. The number of phenolic OH excluding ortho intramolecular Hbond substituents is 1. The lowest BCUT2D eigenvalue weighted by atomic mass is 9.97. The standard InChI is InChI=1S/C40H56N8O10/c1-4-24(3)35(47-37(55)30(14-15-33(42)52)45-34(53)19-43-36(54)29(41)18-26-10-12-28(51)13-11-26)39(57)46-31(22-50)40(58)48-20-23(2)16-32(48)38(56)44-27(21-49)17-25-8-6-5-7-9-25/h5-13,21,23-24,27,29-32,35,50-51H,4,14-20,22,41H2,1-3H3,(H2,42,52)(H,43,54)(H,44,56)(H,45,53)(H,46,57)(H,47,55). The molecule has 316 valence electrons. The first-order chi connectivity index (χ1) is 27.6. The molecular formula is C40H56N8O10. The van der Waals surface area contributed by atoms with E-state index < -0.39 is 96.7 Å². The number of nitrogens with one attached hydrogen (secondary N) is 5. The third-order valence-corrected chi connectivity index (χ3v) is 9.96. The van der Waals surface area contributed by atoms with Crippen LogP contribution in [0.2, 0.25) is 0 Å². The van der Waals surface area contributed by atoms with Crippen molar-refractivity contribution in [1.82, 2.24) is 31.5 Å². The molecule has 0 aromatic heterocycles. The molecule has 3 rings (SSSR count). The highest BCUT2D eigenvalue weighted by atomic mass is 16.3. The number of nitrogens with zero attached hydrogens (tertiary/aromatic N) is 1. The largest absolute Gasteiger partial charge is 0.508 e. The summed E-state index contributed by atoms with van der Waals surface area (Å²) >= 11 is 0. The number of aliphatic hydroxyl groups is 1. The molecule has 11 N–H and O–H groups in total. The van der Waals surface area contributed by atoms with Crippen molar-refractivity contribution in [2.24, 2.45) is 23.3 Å². The number of aldehydes is 1. The van der Waals surface area contributed by atoms with E-state index in [4.69, 9.17) is 11.5 Å². The van der Waals surface area contributed by atoms with Gasteiger partial charge in [0.2, 0.25) is 41.4 Å². The zero-order valence-electron chi connectivity index (χ0n) is 33.0. The van der Waals surface area contributed by atoms with Crippen molar-refractivity contribution in [2.75, 3.05) is 19.7 Å². The van der Waals surface area contributed by atoms with Crippen LogP contribution in [0.5, 0.6) is 5.75 Å². The minimum Gasteiger partial charge on any atom is -0.508 e. The van der Waals surface area contributed by atoms with Crippen LogP contribution in [0.1, 0.15) is 57.6 Å². The predicted molar refractivity (Wildman–Crippen MR) is 211 cm³/mol. The molecule has 18 heteroatoms. The molecule has 0 saturated carbocycles. The van der Waals surface area contributed by atoms with Gasteiger partial charge in [-0.15, -0.1) is 0 Å². The van der Waals surface area contributed by atoms with Crippen molar-refractivity contribution in [3.05, 3.63) is 65.7 Å². The van der Waals surface area contributed by atoms with Gasteiger partial charge >= 0.3 is 0 Å². The number of benzene rings is 2. The smallest absolute Gasteiger partial charge is 0.248 e. The van der Waals surface area contributed by atoms with Gasteiger partial charge in [0.1, 0.15) is 36.2 Å². The third-order valence-electron chi connectivity index (χ3n) is 9.96. The van der Waals surface area contributed by atoms with Crippen LogP contribution in [0.4, 0.5) is 0 Å². The summed E-state index contributed by atoms with van der Waals surface area (Å²) in [6.45, 7) is 3.99. The maximum absolute atomic E-state index is 13.8. The van der Waals surface area contributed by atoms with Crippen LogP contribution in [-0.4, -0.2) is 119 Å². The van der Waals surface area contributed by atoms with Gasteiger partial charge in [-0.25, -0.2) is 0 Å².